The van der Waals surface area contributed by atoms with Crippen LogP contribution in [0.3, 0.4) is 0 Å². The number of amides is 1. The number of hydrogen-bond acceptors (Lipinski definition) is 3. The Morgan fingerprint density at radius 1 is 1.04 bits per heavy atom. The van der Waals surface area contributed by atoms with Gasteiger partial charge in [-0.25, -0.2) is 5.48 Å². The summed E-state index contributed by atoms with van der Waals surface area (Å²) in [6, 6.07) is 20.4. The third kappa shape index (κ3) is 3.84. The second kappa shape index (κ2) is 7.38. The second-order valence-electron chi connectivity index (χ2n) is 5.04. The van der Waals surface area contributed by atoms with Gasteiger partial charge in [-0.05, 0) is 17.2 Å². The van der Waals surface area contributed by atoms with Gasteiger partial charge >= 0.3 is 0 Å². The van der Waals surface area contributed by atoms with Crippen LogP contribution in [0.4, 0.5) is 0 Å². The topological polar surface area (TPSA) is 56.1 Å². The van der Waals surface area contributed by atoms with Crippen molar-refractivity contribution in [1.29, 1.82) is 0 Å². The maximum Gasteiger partial charge on any atom is 0.272 e. The fraction of sp³-hybridized carbons (Fsp3) is 0.111. The second-order valence-corrected chi connectivity index (χ2v) is 5.04. The standard InChI is InChI=1S/C18H17N3O2/c22-18(20-23-14-15-8-3-1-4-9-15)17(21-13-7-12-19-21)16-10-5-2-6-11-16/h1-13,17H,14H2,(H,20,22)/t17-/m0/s1. The Labute approximate surface area is 134 Å². The number of rotatable bonds is 6. The Bertz CT molecular complexity index is 727. The summed E-state index contributed by atoms with van der Waals surface area (Å²) in [6.45, 7) is 0.313. The van der Waals surface area contributed by atoms with E-state index < -0.39 is 6.04 Å². The lowest BCUT2D eigenvalue weighted by Gasteiger charge is -2.17. The van der Waals surface area contributed by atoms with E-state index in [1.165, 1.54) is 0 Å². The molecule has 0 radical (unpaired) electrons. The Morgan fingerprint density at radius 3 is 2.39 bits per heavy atom. The zero-order chi connectivity index (χ0) is 15.9. The van der Waals surface area contributed by atoms with Crippen LogP contribution in [0.1, 0.15) is 17.2 Å². The third-order valence-electron chi connectivity index (χ3n) is 3.41. The van der Waals surface area contributed by atoms with Crippen molar-refractivity contribution in [3.05, 3.63) is 90.3 Å². The fourth-order valence-corrected chi connectivity index (χ4v) is 2.31. The van der Waals surface area contributed by atoms with Crippen molar-refractivity contribution in [2.45, 2.75) is 12.6 Å². The summed E-state index contributed by atoms with van der Waals surface area (Å²) in [7, 11) is 0. The molecular weight excluding hydrogens is 290 g/mol. The minimum absolute atomic E-state index is 0.268. The minimum Gasteiger partial charge on any atom is -0.270 e. The van der Waals surface area contributed by atoms with Crippen molar-refractivity contribution in [2.75, 3.05) is 0 Å². The van der Waals surface area contributed by atoms with Gasteiger partial charge in [-0.15, -0.1) is 0 Å². The highest BCUT2D eigenvalue weighted by atomic mass is 16.6. The fourth-order valence-electron chi connectivity index (χ4n) is 2.31. The number of carbonyl (C=O) groups excluding carboxylic acids is 1. The molecule has 0 unspecified atom stereocenters. The summed E-state index contributed by atoms with van der Waals surface area (Å²) in [5, 5.41) is 4.18. The van der Waals surface area contributed by atoms with Gasteiger partial charge in [-0.2, -0.15) is 5.10 Å². The average molecular weight is 307 g/mol. The first-order chi connectivity index (χ1) is 11.3. The molecule has 1 atom stereocenters. The van der Waals surface area contributed by atoms with E-state index in [2.05, 4.69) is 10.6 Å². The lowest BCUT2D eigenvalue weighted by Crippen LogP contribution is -2.33. The van der Waals surface area contributed by atoms with Crippen LogP contribution in [0.2, 0.25) is 0 Å². The van der Waals surface area contributed by atoms with Crippen molar-refractivity contribution in [1.82, 2.24) is 15.3 Å². The number of nitrogens with zero attached hydrogens (tertiary/aromatic N) is 2. The monoisotopic (exact) mass is 307 g/mol. The first-order valence-electron chi connectivity index (χ1n) is 7.34. The van der Waals surface area contributed by atoms with Crippen LogP contribution in [0.25, 0.3) is 0 Å². The highest BCUT2D eigenvalue weighted by molar-refractivity contribution is 5.82. The maximum absolute atomic E-state index is 12.5. The van der Waals surface area contributed by atoms with Crippen LogP contribution in [-0.2, 0) is 16.2 Å². The molecule has 0 aliphatic carbocycles. The van der Waals surface area contributed by atoms with Gasteiger partial charge < -0.3 is 0 Å². The van der Waals surface area contributed by atoms with Crippen LogP contribution in [-0.4, -0.2) is 15.7 Å². The summed E-state index contributed by atoms with van der Waals surface area (Å²) in [4.78, 5) is 17.9. The zero-order valence-corrected chi connectivity index (χ0v) is 12.5. The molecule has 1 heterocycles. The van der Waals surface area contributed by atoms with Gasteiger partial charge in [-0.3, -0.25) is 14.3 Å². The molecule has 5 nitrogen and oxygen atoms in total. The molecule has 0 aliphatic heterocycles. The number of nitrogens with one attached hydrogen (secondary N) is 1. The minimum atomic E-state index is -0.568. The van der Waals surface area contributed by atoms with E-state index in [1.807, 2.05) is 60.7 Å². The quantitative estimate of drug-likeness (QED) is 0.712. The molecule has 1 N–H and O–H groups in total. The number of benzene rings is 2. The van der Waals surface area contributed by atoms with Crippen molar-refractivity contribution in [2.24, 2.45) is 0 Å². The first kappa shape index (κ1) is 15.0. The summed E-state index contributed by atoms with van der Waals surface area (Å²) in [5.41, 5.74) is 4.35. The molecule has 116 valence electrons. The molecule has 0 aliphatic rings. The molecule has 3 rings (SSSR count). The van der Waals surface area contributed by atoms with E-state index >= 15 is 0 Å². The number of aromatic nitrogens is 2. The molecule has 0 saturated carbocycles. The van der Waals surface area contributed by atoms with E-state index in [0.29, 0.717) is 6.61 Å². The van der Waals surface area contributed by atoms with Crippen LogP contribution in [0, 0.1) is 0 Å². The molecular formula is C18H17N3O2. The van der Waals surface area contributed by atoms with Crippen LogP contribution in [0.5, 0.6) is 0 Å². The van der Waals surface area contributed by atoms with Gasteiger partial charge in [0.15, 0.2) is 6.04 Å². The van der Waals surface area contributed by atoms with Gasteiger partial charge in [0, 0.05) is 12.4 Å². The number of hydrogen-bond donors (Lipinski definition) is 1. The Morgan fingerprint density at radius 2 is 1.74 bits per heavy atom. The molecule has 5 heteroatoms. The average Bonchev–Trinajstić information content (AvgIpc) is 3.11. The van der Waals surface area contributed by atoms with E-state index in [9.17, 15) is 4.79 Å². The molecule has 0 saturated heterocycles. The number of hydroxylamine groups is 1. The molecule has 2 aromatic carbocycles. The highest BCUT2D eigenvalue weighted by Crippen LogP contribution is 2.17. The van der Waals surface area contributed by atoms with Crippen LogP contribution >= 0.6 is 0 Å². The van der Waals surface area contributed by atoms with E-state index in [-0.39, 0.29) is 5.91 Å². The van der Waals surface area contributed by atoms with Gasteiger partial charge in [0.2, 0.25) is 0 Å². The van der Waals surface area contributed by atoms with E-state index in [4.69, 9.17) is 4.84 Å². The Balaban J connectivity index is 1.69. The smallest absolute Gasteiger partial charge is 0.270 e. The van der Waals surface area contributed by atoms with E-state index in [0.717, 1.165) is 11.1 Å². The largest absolute Gasteiger partial charge is 0.272 e. The summed E-state index contributed by atoms with van der Waals surface area (Å²) in [6.07, 6.45) is 3.41. The summed E-state index contributed by atoms with van der Waals surface area (Å²) in [5.74, 6) is -0.268. The van der Waals surface area contributed by atoms with Gasteiger partial charge in [0.05, 0.1) is 6.61 Å². The Kier molecular flexibility index (Phi) is 4.81. The third-order valence-corrected chi connectivity index (χ3v) is 3.41. The Hall–Kier alpha value is -2.92. The molecule has 1 aromatic heterocycles. The SMILES string of the molecule is O=C(NOCc1ccccc1)[C@H](c1ccccc1)n1cccn1. The van der Waals surface area contributed by atoms with Crippen molar-refractivity contribution < 1.29 is 9.63 Å². The van der Waals surface area contributed by atoms with E-state index in [1.54, 1.807) is 23.1 Å². The van der Waals surface area contributed by atoms with Crippen molar-refractivity contribution in [3.8, 4) is 0 Å². The van der Waals surface area contributed by atoms with Gasteiger partial charge in [0.1, 0.15) is 0 Å². The van der Waals surface area contributed by atoms with Crippen molar-refractivity contribution >= 4 is 5.91 Å². The predicted molar refractivity (Wildman–Crippen MR) is 86.2 cm³/mol. The van der Waals surface area contributed by atoms with Crippen LogP contribution < -0.4 is 5.48 Å². The summed E-state index contributed by atoms with van der Waals surface area (Å²) >= 11 is 0. The first-order valence-corrected chi connectivity index (χ1v) is 7.34. The van der Waals surface area contributed by atoms with Crippen LogP contribution in [0.15, 0.2) is 79.1 Å². The van der Waals surface area contributed by atoms with Crippen molar-refractivity contribution in [3.63, 3.8) is 0 Å². The molecule has 3 aromatic rings. The van der Waals surface area contributed by atoms with Gasteiger partial charge in [0.25, 0.3) is 5.91 Å². The normalized spacial score (nSPS) is 11.8. The highest BCUT2D eigenvalue weighted by Gasteiger charge is 2.22. The predicted octanol–water partition coefficient (Wildman–Crippen LogP) is 2.72. The zero-order valence-electron chi connectivity index (χ0n) is 12.5. The molecule has 0 spiro atoms. The lowest BCUT2D eigenvalue weighted by molar-refractivity contribution is -0.137. The lowest BCUT2D eigenvalue weighted by atomic mass is 10.1. The maximum atomic E-state index is 12.5. The molecule has 23 heavy (non-hydrogen) atoms. The summed E-state index contributed by atoms with van der Waals surface area (Å²) < 4.78 is 1.61. The molecule has 0 bridgehead atoms. The molecule has 0 fully saturated rings. The molecule has 1 amide bonds. The number of carbonyl (C=O) groups is 1. The van der Waals surface area contributed by atoms with Gasteiger partial charge in [-0.1, -0.05) is 60.7 Å².